The maximum absolute atomic E-state index is 11.3. The molecule has 4 heteroatoms. The largest absolute Gasteiger partial charge is 0.396 e. The number of nitrogens with one attached hydrogen (secondary N) is 1. The SMILES string of the molecule is CC1(CNc2cccc(C(N)=O)c2N)CCCCC1. The third-order valence-electron chi connectivity index (χ3n) is 4.14. The third-order valence-corrected chi connectivity index (χ3v) is 4.14. The van der Waals surface area contributed by atoms with Crippen molar-refractivity contribution < 1.29 is 4.79 Å². The number of nitrogen functional groups attached to an aromatic ring is 1. The Labute approximate surface area is 114 Å². The molecule has 1 fully saturated rings. The predicted octanol–water partition coefficient (Wildman–Crippen LogP) is 2.75. The molecule has 104 valence electrons. The van der Waals surface area contributed by atoms with Gasteiger partial charge in [-0.2, -0.15) is 0 Å². The molecular formula is C15H23N3O. The summed E-state index contributed by atoms with van der Waals surface area (Å²) in [5.41, 5.74) is 13.3. The fraction of sp³-hybridized carbons (Fsp3) is 0.533. The van der Waals surface area contributed by atoms with Crippen LogP contribution in [0.1, 0.15) is 49.4 Å². The van der Waals surface area contributed by atoms with Crippen molar-refractivity contribution in [2.24, 2.45) is 11.1 Å². The van der Waals surface area contributed by atoms with Gasteiger partial charge < -0.3 is 16.8 Å². The Morgan fingerprint density at radius 1 is 1.32 bits per heavy atom. The molecular weight excluding hydrogens is 238 g/mol. The van der Waals surface area contributed by atoms with Crippen molar-refractivity contribution in [2.45, 2.75) is 39.0 Å². The molecule has 1 amide bonds. The molecule has 5 N–H and O–H groups in total. The highest BCUT2D eigenvalue weighted by Crippen LogP contribution is 2.36. The van der Waals surface area contributed by atoms with Crippen molar-refractivity contribution in [1.29, 1.82) is 0 Å². The second-order valence-corrected chi connectivity index (χ2v) is 5.86. The highest BCUT2D eigenvalue weighted by atomic mass is 16.1. The summed E-state index contributed by atoms with van der Waals surface area (Å²) in [5, 5.41) is 3.39. The zero-order valence-corrected chi connectivity index (χ0v) is 11.5. The number of carbonyl (C=O) groups excluding carboxylic acids is 1. The van der Waals surface area contributed by atoms with E-state index in [4.69, 9.17) is 11.5 Å². The van der Waals surface area contributed by atoms with Gasteiger partial charge in [-0.3, -0.25) is 4.79 Å². The minimum atomic E-state index is -0.481. The van der Waals surface area contributed by atoms with Crippen LogP contribution in [0.15, 0.2) is 18.2 Å². The van der Waals surface area contributed by atoms with E-state index in [1.165, 1.54) is 32.1 Å². The fourth-order valence-electron chi connectivity index (χ4n) is 2.82. The molecule has 4 nitrogen and oxygen atoms in total. The summed E-state index contributed by atoms with van der Waals surface area (Å²) in [6, 6.07) is 5.36. The van der Waals surface area contributed by atoms with Gasteiger partial charge in [-0.25, -0.2) is 0 Å². The molecule has 1 aromatic carbocycles. The zero-order chi connectivity index (χ0) is 13.9. The molecule has 19 heavy (non-hydrogen) atoms. The molecule has 0 radical (unpaired) electrons. The Kier molecular flexibility index (Phi) is 3.98. The summed E-state index contributed by atoms with van der Waals surface area (Å²) in [6.45, 7) is 3.20. The van der Waals surface area contributed by atoms with Crippen molar-refractivity contribution in [3.63, 3.8) is 0 Å². The number of benzene rings is 1. The molecule has 0 atom stereocenters. The van der Waals surface area contributed by atoms with Gasteiger partial charge in [0.05, 0.1) is 16.9 Å². The number of hydrogen-bond donors (Lipinski definition) is 3. The molecule has 1 aliphatic carbocycles. The van der Waals surface area contributed by atoms with Crippen molar-refractivity contribution in [3.8, 4) is 0 Å². The lowest BCUT2D eigenvalue weighted by Crippen LogP contribution is -2.29. The minimum Gasteiger partial charge on any atom is -0.396 e. The van der Waals surface area contributed by atoms with Crippen LogP contribution in [0, 0.1) is 5.41 Å². The lowest BCUT2D eigenvalue weighted by atomic mass is 9.75. The molecule has 1 aromatic rings. The van der Waals surface area contributed by atoms with Gasteiger partial charge in [-0.15, -0.1) is 0 Å². The smallest absolute Gasteiger partial charge is 0.250 e. The van der Waals surface area contributed by atoms with E-state index in [1.54, 1.807) is 6.07 Å². The van der Waals surface area contributed by atoms with Gasteiger partial charge in [0.15, 0.2) is 0 Å². The molecule has 0 bridgehead atoms. The molecule has 0 heterocycles. The number of rotatable bonds is 4. The van der Waals surface area contributed by atoms with E-state index >= 15 is 0 Å². The van der Waals surface area contributed by atoms with Crippen LogP contribution in [0.4, 0.5) is 11.4 Å². The van der Waals surface area contributed by atoms with E-state index < -0.39 is 5.91 Å². The van der Waals surface area contributed by atoms with Gasteiger partial charge >= 0.3 is 0 Å². The second-order valence-electron chi connectivity index (χ2n) is 5.86. The molecule has 0 aliphatic heterocycles. The van der Waals surface area contributed by atoms with Gasteiger partial charge in [-0.1, -0.05) is 32.3 Å². The molecule has 1 aliphatic rings. The monoisotopic (exact) mass is 261 g/mol. The summed E-state index contributed by atoms with van der Waals surface area (Å²) in [6.07, 6.45) is 6.43. The average Bonchev–Trinajstić information content (AvgIpc) is 2.38. The minimum absolute atomic E-state index is 0.327. The first kappa shape index (κ1) is 13.7. The van der Waals surface area contributed by atoms with Crippen LogP contribution in [-0.4, -0.2) is 12.5 Å². The maximum Gasteiger partial charge on any atom is 0.250 e. The van der Waals surface area contributed by atoms with Crippen LogP contribution in [0.2, 0.25) is 0 Å². The lowest BCUT2D eigenvalue weighted by Gasteiger charge is -2.34. The van der Waals surface area contributed by atoms with Gasteiger partial charge in [0.2, 0.25) is 0 Å². The van der Waals surface area contributed by atoms with Crippen LogP contribution in [-0.2, 0) is 0 Å². The summed E-state index contributed by atoms with van der Waals surface area (Å²) >= 11 is 0. The molecule has 1 saturated carbocycles. The van der Waals surface area contributed by atoms with Crippen LogP contribution in [0.25, 0.3) is 0 Å². The summed E-state index contributed by atoms with van der Waals surface area (Å²) in [4.78, 5) is 11.3. The summed E-state index contributed by atoms with van der Waals surface area (Å²) < 4.78 is 0. The number of para-hydroxylation sites is 1. The molecule has 0 aromatic heterocycles. The van der Waals surface area contributed by atoms with Crippen LogP contribution in [0.5, 0.6) is 0 Å². The number of primary amides is 1. The van der Waals surface area contributed by atoms with Gasteiger partial charge in [0.1, 0.15) is 0 Å². The third kappa shape index (κ3) is 3.19. The predicted molar refractivity (Wildman–Crippen MR) is 79.1 cm³/mol. The van der Waals surface area contributed by atoms with Gasteiger partial charge in [0, 0.05) is 6.54 Å². The number of nitrogens with two attached hydrogens (primary N) is 2. The maximum atomic E-state index is 11.3. The average molecular weight is 261 g/mol. The Morgan fingerprint density at radius 2 is 2.00 bits per heavy atom. The lowest BCUT2D eigenvalue weighted by molar-refractivity contribution is 0.100. The van der Waals surface area contributed by atoms with Crippen LogP contribution < -0.4 is 16.8 Å². The topological polar surface area (TPSA) is 81.1 Å². The highest BCUT2D eigenvalue weighted by Gasteiger charge is 2.26. The van der Waals surface area contributed by atoms with Crippen LogP contribution >= 0.6 is 0 Å². The van der Waals surface area contributed by atoms with Gasteiger partial charge in [-0.05, 0) is 30.4 Å². The highest BCUT2D eigenvalue weighted by molar-refractivity contribution is 6.00. The molecule has 2 rings (SSSR count). The fourth-order valence-corrected chi connectivity index (χ4v) is 2.82. The normalized spacial score (nSPS) is 17.9. The number of hydrogen-bond acceptors (Lipinski definition) is 3. The Balaban J connectivity index is 2.07. The number of carbonyl (C=O) groups is 1. The van der Waals surface area contributed by atoms with E-state index in [1.807, 2.05) is 12.1 Å². The summed E-state index contributed by atoms with van der Waals surface area (Å²) in [7, 11) is 0. The Bertz CT molecular complexity index is 464. The van der Waals surface area contributed by atoms with E-state index in [-0.39, 0.29) is 0 Å². The molecule has 0 unspecified atom stereocenters. The van der Waals surface area contributed by atoms with E-state index in [0.717, 1.165) is 12.2 Å². The first-order valence-corrected chi connectivity index (χ1v) is 6.94. The Hall–Kier alpha value is -1.71. The first-order valence-electron chi connectivity index (χ1n) is 6.94. The standard InChI is InChI=1S/C15H23N3O/c1-15(8-3-2-4-9-15)10-18-12-7-5-6-11(13(12)16)14(17)19/h5-7,18H,2-4,8-10,16H2,1H3,(H2,17,19). The second kappa shape index (κ2) is 5.51. The zero-order valence-electron chi connectivity index (χ0n) is 11.5. The quantitative estimate of drug-likeness (QED) is 0.729. The van der Waals surface area contributed by atoms with Crippen molar-refractivity contribution in [2.75, 3.05) is 17.6 Å². The number of anilines is 2. The van der Waals surface area contributed by atoms with Crippen molar-refractivity contribution in [1.82, 2.24) is 0 Å². The van der Waals surface area contributed by atoms with E-state index in [0.29, 0.717) is 16.7 Å². The van der Waals surface area contributed by atoms with Crippen molar-refractivity contribution >= 4 is 17.3 Å². The summed E-state index contributed by atoms with van der Waals surface area (Å²) in [5.74, 6) is -0.481. The van der Waals surface area contributed by atoms with Crippen LogP contribution in [0.3, 0.4) is 0 Å². The van der Waals surface area contributed by atoms with Crippen molar-refractivity contribution in [3.05, 3.63) is 23.8 Å². The first-order chi connectivity index (χ1) is 9.02. The Morgan fingerprint density at radius 3 is 2.63 bits per heavy atom. The van der Waals surface area contributed by atoms with Gasteiger partial charge in [0.25, 0.3) is 5.91 Å². The molecule has 0 saturated heterocycles. The van der Waals surface area contributed by atoms with E-state index in [9.17, 15) is 4.79 Å². The number of amides is 1. The van der Waals surface area contributed by atoms with E-state index in [2.05, 4.69) is 12.2 Å². The molecule has 0 spiro atoms.